The van der Waals surface area contributed by atoms with E-state index in [0.717, 1.165) is 24.2 Å². The first kappa shape index (κ1) is 17.3. The fraction of sp³-hybridized carbons (Fsp3) is 0.556. The van der Waals surface area contributed by atoms with Crippen molar-refractivity contribution in [3.63, 3.8) is 0 Å². The number of benzene rings is 1. The van der Waals surface area contributed by atoms with Gasteiger partial charge in [0.25, 0.3) is 0 Å². The van der Waals surface area contributed by atoms with E-state index in [-0.39, 0.29) is 11.8 Å². The maximum absolute atomic E-state index is 12.1. The molecule has 0 saturated heterocycles. The lowest BCUT2D eigenvalue weighted by Gasteiger charge is -2.27. The lowest BCUT2D eigenvalue weighted by molar-refractivity contribution is -0.131. The molecule has 5 heteroatoms. The van der Waals surface area contributed by atoms with Gasteiger partial charge in [-0.05, 0) is 18.9 Å². The minimum Gasteiger partial charge on any atom is -0.496 e. The molecule has 0 spiro atoms. The highest BCUT2D eigenvalue weighted by Crippen LogP contribution is 2.23. The summed E-state index contributed by atoms with van der Waals surface area (Å²) in [7, 11) is 1.62. The summed E-state index contributed by atoms with van der Waals surface area (Å²) >= 11 is 0. The number of hydrogen-bond donors (Lipinski definition) is 1. The predicted octanol–water partition coefficient (Wildman–Crippen LogP) is 2.49. The van der Waals surface area contributed by atoms with Crippen molar-refractivity contribution in [3.05, 3.63) is 29.8 Å². The number of para-hydroxylation sites is 1. The monoisotopic (exact) mass is 318 g/mol. The molecule has 1 aliphatic rings. The van der Waals surface area contributed by atoms with E-state index in [9.17, 15) is 9.59 Å². The number of methoxy groups -OCH3 is 1. The van der Waals surface area contributed by atoms with E-state index in [1.54, 1.807) is 14.0 Å². The number of carbonyl (C=O) groups is 2. The molecule has 1 aromatic carbocycles. The van der Waals surface area contributed by atoms with Gasteiger partial charge < -0.3 is 15.0 Å². The Bertz CT molecular complexity index is 539. The maximum Gasteiger partial charge on any atom is 0.222 e. The first-order valence-electron chi connectivity index (χ1n) is 8.27. The Labute approximate surface area is 138 Å². The number of carbonyl (C=O) groups excluding carboxylic acids is 2. The van der Waals surface area contributed by atoms with Crippen LogP contribution in [-0.4, -0.2) is 36.4 Å². The summed E-state index contributed by atoms with van der Waals surface area (Å²) in [6.07, 6.45) is 4.80. The molecule has 0 aliphatic heterocycles. The van der Waals surface area contributed by atoms with Gasteiger partial charge in [-0.15, -0.1) is 0 Å². The Morgan fingerprint density at radius 3 is 2.61 bits per heavy atom. The van der Waals surface area contributed by atoms with Gasteiger partial charge in [0, 0.05) is 38.0 Å². The lowest BCUT2D eigenvalue weighted by Crippen LogP contribution is -2.39. The second-order valence-corrected chi connectivity index (χ2v) is 5.99. The van der Waals surface area contributed by atoms with Crippen molar-refractivity contribution in [2.45, 2.75) is 51.6 Å². The van der Waals surface area contributed by atoms with Crippen molar-refractivity contribution >= 4 is 11.8 Å². The highest BCUT2D eigenvalue weighted by molar-refractivity contribution is 5.78. The molecule has 0 heterocycles. The largest absolute Gasteiger partial charge is 0.496 e. The van der Waals surface area contributed by atoms with E-state index in [2.05, 4.69) is 5.32 Å². The fourth-order valence-corrected chi connectivity index (χ4v) is 3.17. The van der Waals surface area contributed by atoms with E-state index in [1.807, 2.05) is 29.2 Å². The summed E-state index contributed by atoms with van der Waals surface area (Å²) < 4.78 is 5.27. The standard InChI is InChI=1S/C18H26N2O3/c1-14(21)20(16-8-4-5-9-16)12-11-18(22)19-13-15-7-3-6-10-17(15)23-2/h3,6-7,10,16H,4-5,8-9,11-13H2,1-2H3,(H,19,22). The summed E-state index contributed by atoms with van der Waals surface area (Å²) in [6, 6.07) is 7.94. The SMILES string of the molecule is COc1ccccc1CNC(=O)CCN(C(C)=O)C1CCCC1. The molecule has 1 aliphatic carbocycles. The van der Waals surface area contributed by atoms with Gasteiger partial charge in [-0.25, -0.2) is 0 Å². The molecule has 1 fully saturated rings. The van der Waals surface area contributed by atoms with Crippen LogP contribution >= 0.6 is 0 Å². The van der Waals surface area contributed by atoms with Crippen LogP contribution in [0.2, 0.25) is 0 Å². The van der Waals surface area contributed by atoms with Gasteiger partial charge >= 0.3 is 0 Å². The van der Waals surface area contributed by atoms with Crippen LogP contribution in [0.15, 0.2) is 24.3 Å². The van der Waals surface area contributed by atoms with E-state index >= 15 is 0 Å². The zero-order valence-corrected chi connectivity index (χ0v) is 14.0. The molecule has 1 saturated carbocycles. The molecule has 0 aromatic heterocycles. The van der Waals surface area contributed by atoms with Crippen LogP contribution in [0.5, 0.6) is 5.75 Å². The molecule has 5 nitrogen and oxygen atoms in total. The summed E-state index contributed by atoms with van der Waals surface area (Å²) in [5.74, 6) is 0.790. The van der Waals surface area contributed by atoms with Crippen LogP contribution in [0, 0.1) is 0 Å². The third kappa shape index (κ3) is 4.98. The second kappa shape index (κ2) is 8.56. The first-order chi connectivity index (χ1) is 11.1. The number of ether oxygens (including phenoxy) is 1. The number of amides is 2. The van der Waals surface area contributed by atoms with Gasteiger partial charge in [0.2, 0.25) is 11.8 Å². The quantitative estimate of drug-likeness (QED) is 0.840. The van der Waals surface area contributed by atoms with Gasteiger partial charge in [-0.1, -0.05) is 31.0 Å². The average Bonchev–Trinajstić information content (AvgIpc) is 3.07. The predicted molar refractivity (Wildman–Crippen MR) is 89.1 cm³/mol. The zero-order chi connectivity index (χ0) is 16.7. The van der Waals surface area contributed by atoms with Crippen molar-refractivity contribution in [2.75, 3.05) is 13.7 Å². The molecule has 0 unspecified atom stereocenters. The van der Waals surface area contributed by atoms with Crippen molar-refractivity contribution < 1.29 is 14.3 Å². The van der Waals surface area contributed by atoms with Gasteiger partial charge in [0.1, 0.15) is 5.75 Å². The third-order valence-corrected chi connectivity index (χ3v) is 4.42. The second-order valence-electron chi connectivity index (χ2n) is 5.99. The molecule has 0 radical (unpaired) electrons. The molecule has 0 bridgehead atoms. The molecule has 2 amide bonds. The zero-order valence-electron chi connectivity index (χ0n) is 14.0. The maximum atomic E-state index is 12.1. The Morgan fingerprint density at radius 1 is 1.26 bits per heavy atom. The van der Waals surface area contributed by atoms with Crippen LogP contribution in [0.4, 0.5) is 0 Å². The molecular formula is C18H26N2O3. The number of nitrogens with one attached hydrogen (secondary N) is 1. The van der Waals surface area contributed by atoms with Crippen molar-refractivity contribution in [2.24, 2.45) is 0 Å². The van der Waals surface area contributed by atoms with Crippen molar-refractivity contribution in [3.8, 4) is 5.75 Å². The highest BCUT2D eigenvalue weighted by atomic mass is 16.5. The van der Waals surface area contributed by atoms with Gasteiger partial charge in [0.15, 0.2) is 0 Å². The normalized spacial score (nSPS) is 14.5. The Morgan fingerprint density at radius 2 is 1.96 bits per heavy atom. The highest BCUT2D eigenvalue weighted by Gasteiger charge is 2.24. The molecule has 1 N–H and O–H groups in total. The lowest BCUT2D eigenvalue weighted by atomic mass is 10.2. The van der Waals surface area contributed by atoms with Crippen LogP contribution < -0.4 is 10.1 Å². The van der Waals surface area contributed by atoms with Gasteiger partial charge in [0.05, 0.1) is 7.11 Å². The van der Waals surface area contributed by atoms with E-state index in [0.29, 0.717) is 25.6 Å². The van der Waals surface area contributed by atoms with Crippen molar-refractivity contribution in [1.29, 1.82) is 0 Å². The van der Waals surface area contributed by atoms with E-state index < -0.39 is 0 Å². The minimum atomic E-state index is -0.0415. The van der Waals surface area contributed by atoms with Gasteiger partial charge in [-0.3, -0.25) is 9.59 Å². The van der Waals surface area contributed by atoms with Crippen LogP contribution in [0.3, 0.4) is 0 Å². The Hall–Kier alpha value is -2.04. The van der Waals surface area contributed by atoms with Gasteiger partial charge in [-0.2, -0.15) is 0 Å². The van der Waals surface area contributed by atoms with E-state index in [4.69, 9.17) is 4.74 Å². The molecule has 126 valence electrons. The number of rotatable bonds is 7. The summed E-state index contributed by atoms with van der Waals surface area (Å²) in [5, 5.41) is 2.90. The average molecular weight is 318 g/mol. The molecule has 0 atom stereocenters. The summed E-state index contributed by atoms with van der Waals surface area (Å²) in [6.45, 7) is 2.52. The fourth-order valence-electron chi connectivity index (χ4n) is 3.17. The smallest absolute Gasteiger partial charge is 0.222 e. The first-order valence-corrected chi connectivity index (χ1v) is 8.27. The van der Waals surface area contributed by atoms with Crippen molar-refractivity contribution in [1.82, 2.24) is 10.2 Å². The molecule has 23 heavy (non-hydrogen) atoms. The number of nitrogens with zero attached hydrogens (tertiary/aromatic N) is 1. The Balaban J connectivity index is 1.80. The van der Waals surface area contributed by atoms with E-state index in [1.165, 1.54) is 12.8 Å². The summed E-state index contributed by atoms with van der Waals surface area (Å²) in [5.41, 5.74) is 0.947. The van der Waals surface area contributed by atoms with Crippen LogP contribution in [0.25, 0.3) is 0 Å². The minimum absolute atomic E-state index is 0.0415. The topological polar surface area (TPSA) is 58.6 Å². The molecular weight excluding hydrogens is 292 g/mol. The third-order valence-electron chi connectivity index (χ3n) is 4.42. The van der Waals surface area contributed by atoms with Crippen LogP contribution in [-0.2, 0) is 16.1 Å². The Kier molecular flexibility index (Phi) is 6.44. The summed E-state index contributed by atoms with van der Waals surface area (Å²) in [4.78, 5) is 25.7. The van der Waals surface area contributed by atoms with Crippen LogP contribution in [0.1, 0.15) is 44.6 Å². The molecule has 2 rings (SSSR count). The molecule has 1 aromatic rings. The number of hydrogen-bond acceptors (Lipinski definition) is 3.